The van der Waals surface area contributed by atoms with Gasteiger partial charge in [-0.1, -0.05) is 61.4 Å². The number of thioether (sulfide) groups is 1. The molecule has 0 heterocycles. The summed E-state index contributed by atoms with van der Waals surface area (Å²) in [5.74, 6) is 0.992. The van der Waals surface area contributed by atoms with Crippen molar-refractivity contribution in [3.05, 3.63) is 35.9 Å². The zero-order valence-corrected chi connectivity index (χ0v) is 13.5. The van der Waals surface area contributed by atoms with Crippen molar-refractivity contribution in [2.45, 2.75) is 63.8 Å². The second-order valence-electron chi connectivity index (χ2n) is 5.80. The van der Waals surface area contributed by atoms with Crippen LogP contribution in [0.25, 0.3) is 0 Å². The third kappa shape index (κ3) is 5.58. The molecular weight excluding hydrogens is 264 g/mol. The van der Waals surface area contributed by atoms with Crippen molar-refractivity contribution < 1.29 is 0 Å². The van der Waals surface area contributed by atoms with Gasteiger partial charge in [0.15, 0.2) is 5.17 Å². The Morgan fingerprint density at radius 3 is 2.55 bits per heavy atom. The lowest BCUT2D eigenvalue weighted by molar-refractivity contribution is 0.443. The molecule has 2 nitrogen and oxygen atoms in total. The van der Waals surface area contributed by atoms with Crippen LogP contribution >= 0.6 is 11.8 Å². The first-order chi connectivity index (χ1) is 9.74. The molecule has 1 fully saturated rings. The number of rotatable bonds is 4. The molecule has 3 heteroatoms. The van der Waals surface area contributed by atoms with Crippen molar-refractivity contribution in [3.8, 4) is 0 Å². The largest absolute Gasteiger partial charge is 0.363 e. The Hall–Kier alpha value is -0.960. The molecule has 0 amide bonds. The first-order valence-corrected chi connectivity index (χ1v) is 8.73. The first kappa shape index (κ1) is 15.4. The van der Waals surface area contributed by atoms with Gasteiger partial charge in [0.1, 0.15) is 0 Å². The van der Waals surface area contributed by atoms with Crippen molar-refractivity contribution >= 4 is 16.9 Å². The Morgan fingerprint density at radius 2 is 1.90 bits per heavy atom. The number of hydrogen-bond acceptors (Lipinski definition) is 2. The molecule has 0 unspecified atom stereocenters. The lowest BCUT2D eigenvalue weighted by Gasteiger charge is -2.20. The summed E-state index contributed by atoms with van der Waals surface area (Å²) in [6.45, 7) is 4.36. The van der Waals surface area contributed by atoms with E-state index in [1.807, 2.05) is 11.8 Å². The van der Waals surface area contributed by atoms with Crippen LogP contribution < -0.4 is 5.32 Å². The maximum absolute atomic E-state index is 4.96. The normalized spacial score (nSPS) is 17.4. The van der Waals surface area contributed by atoms with Crippen molar-refractivity contribution in [1.82, 2.24) is 5.32 Å². The third-order valence-corrected chi connectivity index (χ3v) is 4.48. The Balaban J connectivity index is 1.93. The summed E-state index contributed by atoms with van der Waals surface area (Å²) in [6, 6.07) is 11.6. The van der Waals surface area contributed by atoms with Crippen LogP contribution in [0.2, 0.25) is 0 Å². The maximum atomic E-state index is 4.96. The predicted octanol–water partition coefficient (Wildman–Crippen LogP) is 4.61. The monoisotopic (exact) mass is 290 g/mol. The van der Waals surface area contributed by atoms with Gasteiger partial charge in [-0.2, -0.15) is 0 Å². The summed E-state index contributed by atoms with van der Waals surface area (Å²) in [6.07, 6.45) is 6.58. The average molecular weight is 290 g/mol. The van der Waals surface area contributed by atoms with E-state index >= 15 is 0 Å². The highest BCUT2D eigenvalue weighted by molar-refractivity contribution is 8.13. The van der Waals surface area contributed by atoms with Gasteiger partial charge in [0, 0.05) is 11.8 Å². The standard InChI is InChI=1S/C17H26N2S/c1-14(2)18-17(19-16-11-7-4-8-12-16)20-13-15-9-5-3-6-10-15/h3,5-6,9-10,14,16H,4,7-8,11-13H2,1-2H3,(H,18,19). The van der Waals surface area contributed by atoms with Gasteiger partial charge in [-0.3, -0.25) is 4.99 Å². The highest BCUT2D eigenvalue weighted by Crippen LogP contribution is 2.22. The molecule has 1 aromatic carbocycles. The number of hydrogen-bond donors (Lipinski definition) is 1. The van der Waals surface area contributed by atoms with Crippen LogP contribution in [-0.4, -0.2) is 17.3 Å². The molecule has 1 aliphatic carbocycles. The van der Waals surface area contributed by atoms with E-state index in [1.54, 1.807) is 0 Å². The number of amidine groups is 1. The lowest BCUT2D eigenvalue weighted by atomic mass is 9.96. The molecule has 0 aromatic heterocycles. The topological polar surface area (TPSA) is 24.4 Å². The Kier molecular flexibility index (Phi) is 6.44. The van der Waals surface area contributed by atoms with Crippen LogP contribution in [0.5, 0.6) is 0 Å². The molecule has 1 aliphatic rings. The van der Waals surface area contributed by atoms with E-state index in [-0.39, 0.29) is 0 Å². The number of benzene rings is 1. The molecular formula is C17H26N2S. The van der Waals surface area contributed by atoms with Gasteiger partial charge in [-0.25, -0.2) is 0 Å². The zero-order valence-electron chi connectivity index (χ0n) is 12.6. The van der Waals surface area contributed by atoms with Gasteiger partial charge in [-0.05, 0) is 32.3 Å². The van der Waals surface area contributed by atoms with E-state index in [1.165, 1.54) is 37.7 Å². The molecule has 0 bridgehead atoms. The highest BCUT2D eigenvalue weighted by atomic mass is 32.2. The van der Waals surface area contributed by atoms with Crippen molar-refractivity contribution in [3.63, 3.8) is 0 Å². The minimum atomic E-state index is 0.445. The van der Waals surface area contributed by atoms with E-state index in [2.05, 4.69) is 49.5 Å². The average Bonchev–Trinajstić information content (AvgIpc) is 2.46. The van der Waals surface area contributed by atoms with Gasteiger partial charge < -0.3 is 5.32 Å². The lowest BCUT2D eigenvalue weighted by Crippen LogP contribution is -2.29. The smallest absolute Gasteiger partial charge is 0.157 e. The second-order valence-corrected chi connectivity index (χ2v) is 6.76. The van der Waals surface area contributed by atoms with Crippen LogP contribution in [0.3, 0.4) is 0 Å². The van der Waals surface area contributed by atoms with E-state index in [4.69, 9.17) is 4.99 Å². The molecule has 0 spiro atoms. The molecule has 0 saturated heterocycles. The Bertz CT molecular complexity index is 408. The van der Waals surface area contributed by atoms with Crippen LogP contribution in [0.15, 0.2) is 35.3 Å². The van der Waals surface area contributed by atoms with Crippen molar-refractivity contribution in [2.24, 2.45) is 4.99 Å². The molecule has 0 radical (unpaired) electrons. The van der Waals surface area contributed by atoms with Crippen LogP contribution in [-0.2, 0) is 5.75 Å². The van der Waals surface area contributed by atoms with Gasteiger partial charge in [0.05, 0.1) is 6.04 Å². The number of nitrogens with zero attached hydrogens (tertiary/aromatic N) is 1. The molecule has 20 heavy (non-hydrogen) atoms. The molecule has 0 aliphatic heterocycles. The van der Waals surface area contributed by atoms with E-state index in [0.717, 1.165) is 10.9 Å². The minimum absolute atomic E-state index is 0.445. The van der Waals surface area contributed by atoms with Crippen molar-refractivity contribution in [2.75, 3.05) is 0 Å². The summed E-state index contributed by atoms with van der Waals surface area (Å²) in [4.78, 5) is 4.96. The first-order valence-electron chi connectivity index (χ1n) is 7.75. The second kappa shape index (κ2) is 8.35. The Labute approximate surface area is 127 Å². The fraction of sp³-hybridized carbons (Fsp3) is 0.588. The zero-order chi connectivity index (χ0) is 14.2. The molecule has 0 atom stereocenters. The van der Waals surface area contributed by atoms with Gasteiger partial charge in [0.2, 0.25) is 0 Å². The maximum Gasteiger partial charge on any atom is 0.157 e. The fourth-order valence-corrected chi connectivity index (χ4v) is 3.50. The summed E-state index contributed by atoms with van der Waals surface area (Å²) >= 11 is 1.84. The van der Waals surface area contributed by atoms with E-state index < -0.39 is 0 Å². The van der Waals surface area contributed by atoms with Crippen LogP contribution in [0.1, 0.15) is 51.5 Å². The van der Waals surface area contributed by atoms with Gasteiger partial charge >= 0.3 is 0 Å². The van der Waals surface area contributed by atoms with Crippen LogP contribution in [0, 0.1) is 0 Å². The SMILES string of the molecule is CC(C)NC(=NC1CCCCC1)SCc1ccccc1. The number of nitrogens with one attached hydrogen (secondary N) is 1. The highest BCUT2D eigenvalue weighted by Gasteiger charge is 2.14. The number of aliphatic imine (C=N–C) groups is 1. The molecule has 1 N–H and O–H groups in total. The summed E-state index contributed by atoms with van der Waals surface area (Å²) < 4.78 is 0. The van der Waals surface area contributed by atoms with E-state index in [0.29, 0.717) is 12.1 Å². The quantitative estimate of drug-likeness (QED) is 0.647. The fourth-order valence-electron chi connectivity index (χ4n) is 2.47. The molecule has 1 saturated carbocycles. The third-order valence-electron chi connectivity index (χ3n) is 3.51. The van der Waals surface area contributed by atoms with E-state index in [9.17, 15) is 0 Å². The van der Waals surface area contributed by atoms with Gasteiger partial charge in [0.25, 0.3) is 0 Å². The van der Waals surface area contributed by atoms with Gasteiger partial charge in [-0.15, -0.1) is 0 Å². The summed E-state index contributed by atoms with van der Waals surface area (Å²) in [7, 11) is 0. The van der Waals surface area contributed by atoms with Crippen molar-refractivity contribution in [1.29, 1.82) is 0 Å². The minimum Gasteiger partial charge on any atom is -0.363 e. The molecule has 2 rings (SSSR count). The summed E-state index contributed by atoms with van der Waals surface area (Å²) in [5.41, 5.74) is 1.36. The van der Waals surface area contributed by atoms with Crippen LogP contribution in [0.4, 0.5) is 0 Å². The molecule has 1 aromatic rings. The predicted molar refractivity (Wildman–Crippen MR) is 90.3 cm³/mol. The Morgan fingerprint density at radius 1 is 1.20 bits per heavy atom. The summed E-state index contributed by atoms with van der Waals surface area (Å²) in [5, 5.41) is 4.63. The molecule has 110 valence electrons.